The van der Waals surface area contributed by atoms with Gasteiger partial charge in [-0.25, -0.2) is 17.6 Å². The largest absolute Gasteiger partial charge is 0.322 e. The van der Waals surface area contributed by atoms with Gasteiger partial charge >= 0.3 is 0 Å². The standard InChI is InChI=1S/C8H7F4N.ClH/c9-3-7(13)5-1-4(10)2-6(11)8(5)12;/h1-2,7H,3,13H2;1H/t7-;/m1./s1. The SMILES string of the molecule is Cl.N[C@H](CF)c1cc(F)cc(F)c1F. The van der Waals surface area contributed by atoms with Crippen molar-refractivity contribution in [3.05, 3.63) is 35.1 Å². The summed E-state index contributed by atoms with van der Waals surface area (Å²) < 4.78 is 49.9. The lowest BCUT2D eigenvalue weighted by molar-refractivity contribution is 0.413. The van der Waals surface area contributed by atoms with Crippen LogP contribution in [0.15, 0.2) is 12.1 Å². The number of hydrogen-bond acceptors (Lipinski definition) is 1. The zero-order valence-corrected chi connectivity index (χ0v) is 7.75. The molecule has 0 radical (unpaired) electrons. The number of hydrogen-bond donors (Lipinski definition) is 1. The molecule has 0 fully saturated rings. The zero-order chi connectivity index (χ0) is 10.0. The van der Waals surface area contributed by atoms with Gasteiger partial charge in [0.2, 0.25) is 0 Å². The van der Waals surface area contributed by atoms with Crippen LogP contribution in [0.4, 0.5) is 17.6 Å². The molecule has 6 heteroatoms. The molecule has 0 amide bonds. The van der Waals surface area contributed by atoms with Crippen LogP contribution in [0.3, 0.4) is 0 Å². The van der Waals surface area contributed by atoms with Crippen molar-refractivity contribution in [2.24, 2.45) is 5.73 Å². The Kier molecular flexibility index (Phi) is 4.87. The van der Waals surface area contributed by atoms with Crippen molar-refractivity contribution in [2.45, 2.75) is 6.04 Å². The minimum atomic E-state index is -1.36. The van der Waals surface area contributed by atoms with E-state index in [9.17, 15) is 17.6 Å². The fraction of sp³-hybridized carbons (Fsp3) is 0.250. The summed E-state index contributed by atoms with van der Waals surface area (Å²) in [5, 5.41) is 0. The molecule has 0 aromatic heterocycles. The van der Waals surface area contributed by atoms with Gasteiger partial charge in [0.15, 0.2) is 11.6 Å². The molecule has 1 rings (SSSR count). The van der Waals surface area contributed by atoms with Gasteiger partial charge in [0.1, 0.15) is 12.5 Å². The molecular weight excluding hydrogens is 222 g/mol. The first-order valence-corrected chi connectivity index (χ1v) is 3.52. The highest BCUT2D eigenvalue weighted by molar-refractivity contribution is 5.85. The van der Waals surface area contributed by atoms with Crippen molar-refractivity contribution in [2.75, 3.05) is 6.67 Å². The molecule has 0 heterocycles. The molecule has 0 saturated heterocycles. The van der Waals surface area contributed by atoms with Gasteiger partial charge in [-0.2, -0.15) is 0 Å². The molecule has 0 aliphatic rings. The molecule has 1 atom stereocenters. The van der Waals surface area contributed by atoms with E-state index in [0.717, 1.165) is 0 Å². The maximum absolute atomic E-state index is 12.8. The van der Waals surface area contributed by atoms with Crippen molar-refractivity contribution < 1.29 is 17.6 Å². The van der Waals surface area contributed by atoms with E-state index in [4.69, 9.17) is 5.73 Å². The highest BCUT2D eigenvalue weighted by Gasteiger charge is 2.16. The maximum Gasteiger partial charge on any atom is 0.163 e. The lowest BCUT2D eigenvalue weighted by Crippen LogP contribution is -2.15. The monoisotopic (exact) mass is 229 g/mol. The van der Waals surface area contributed by atoms with Gasteiger partial charge in [-0.1, -0.05) is 0 Å². The van der Waals surface area contributed by atoms with Crippen LogP contribution in [0.5, 0.6) is 0 Å². The second-order valence-electron chi connectivity index (χ2n) is 2.55. The Morgan fingerprint density at radius 3 is 2.29 bits per heavy atom. The second-order valence-corrected chi connectivity index (χ2v) is 2.55. The summed E-state index contributed by atoms with van der Waals surface area (Å²) in [6.07, 6.45) is 0. The Morgan fingerprint density at radius 2 is 1.79 bits per heavy atom. The van der Waals surface area contributed by atoms with Gasteiger partial charge in [-0.15, -0.1) is 12.4 Å². The molecule has 0 spiro atoms. The smallest absolute Gasteiger partial charge is 0.163 e. The Bertz CT molecular complexity index is 318. The highest BCUT2D eigenvalue weighted by atomic mass is 35.5. The van der Waals surface area contributed by atoms with Crippen LogP contribution in [0.1, 0.15) is 11.6 Å². The van der Waals surface area contributed by atoms with Crippen LogP contribution < -0.4 is 5.73 Å². The summed E-state index contributed by atoms with van der Waals surface area (Å²) >= 11 is 0. The van der Waals surface area contributed by atoms with Crippen LogP contribution in [-0.2, 0) is 0 Å². The third kappa shape index (κ3) is 2.59. The highest BCUT2D eigenvalue weighted by Crippen LogP contribution is 2.19. The minimum Gasteiger partial charge on any atom is -0.322 e. The van der Waals surface area contributed by atoms with Crippen molar-refractivity contribution >= 4 is 12.4 Å². The van der Waals surface area contributed by atoms with Crippen molar-refractivity contribution in [1.82, 2.24) is 0 Å². The third-order valence-corrected chi connectivity index (χ3v) is 1.59. The van der Waals surface area contributed by atoms with E-state index in [-0.39, 0.29) is 12.4 Å². The average molecular weight is 230 g/mol. The number of alkyl halides is 1. The molecule has 1 nitrogen and oxygen atoms in total. The summed E-state index contributed by atoms with van der Waals surface area (Å²) in [6, 6.07) is -0.267. The lowest BCUT2D eigenvalue weighted by atomic mass is 10.1. The molecule has 2 N–H and O–H groups in total. The maximum atomic E-state index is 12.8. The average Bonchev–Trinajstić information content (AvgIpc) is 2.10. The Labute approximate surface area is 84.3 Å². The molecule has 1 aromatic carbocycles. The van der Waals surface area contributed by atoms with Crippen molar-refractivity contribution in [3.63, 3.8) is 0 Å². The van der Waals surface area contributed by atoms with E-state index in [1.54, 1.807) is 0 Å². The first kappa shape index (κ1) is 13.2. The quantitative estimate of drug-likeness (QED) is 0.612. The van der Waals surface area contributed by atoms with Gasteiger partial charge in [0.25, 0.3) is 0 Å². The van der Waals surface area contributed by atoms with Gasteiger partial charge in [-0.3, -0.25) is 0 Å². The van der Waals surface area contributed by atoms with Crippen LogP contribution in [-0.4, -0.2) is 6.67 Å². The van der Waals surface area contributed by atoms with Crippen LogP contribution in [0, 0.1) is 17.5 Å². The summed E-state index contributed by atoms with van der Waals surface area (Å²) in [4.78, 5) is 0. The normalized spacial score (nSPS) is 12.1. The van der Waals surface area contributed by atoms with Gasteiger partial charge in [-0.05, 0) is 6.07 Å². The molecule has 0 aliphatic heterocycles. The van der Waals surface area contributed by atoms with Crippen LogP contribution in [0.2, 0.25) is 0 Å². The summed E-state index contributed by atoms with van der Waals surface area (Å²) in [6.45, 7) is -1.07. The van der Waals surface area contributed by atoms with E-state index in [1.807, 2.05) is 0 Å². The molecule has 0 saturated carbocycles. The van der Waals surface area contributed by atoms with E-state index in [2.05, 4.69) is 0 Å². The molecule has 80 valence electrons. The molecule has 1 aromatic rings. The second kappa shape index (κ2) is 5.17. The Balaban J connectivity index is 0.00000169. The number of halogens is 5. The molecule has 14 heavy (non-hydrogen) atoms. The van der Waals surface area contributed by atoms with Gasteiger partial charge in [0, 0.05) is 11.6 Å². The fourth-order valence-electron chi connectivity index (χ4n) is 0.929. The van der Waals surface area contributed by atoms with E-state index < -0.39 is 35.7 Å². The topological polar surface area (TPSA) is 26.0 Å². The molecule has 0 bridgehead atoms. The fourth-order valence-corrected chi connectivity index (χ4v) is 0.929. The number of benzene rings is 1. The van der Waals surface area contributed by atoms with E-state index in [0.29, 0.717) is 12.1 Å². The minimum absolute atomic E-state index is 0. The third-order valence-electron chi connectivity index (χ3n) is 1.59. The Morgan fingerprint density at radius 1 is 1.21 bits per heavy atom. The predicted molar refractivity (Wildman–Crippen MR) is 46.5 cm³/mol. The van der Waals surface area contributed by atoms with Crippen LogP contribution in [0.25, 0.3) is 0 Å². The first-order valence-electron chi connectivity index (χ1n) is 3.52. The predicted octanol–water partition coefficient (Wildman–Crippen LogP) is 2.50. The Hall–Kier alpha value is -0.810. The van der Waals surface area contributed by atoms with E-state index in [1.165, 1.54) is 0 Å². The van der Waals surface area contributed by atoms with Crippen molar-refractivity contribution in [1.29, 1.82) is 0 Å². The van der Waals surface area contributed by atoms with Crippen molar-refractivity contribution in [3.8, 4) is 0 Å². The zero-order valence-electron chi connectivity index (χ0n) is 6.94. The molecular formula is C8H8ClF4N. The number of rotatable bonds is 2. The number of nitrogens with two attached hydrogens (primary N) is 1. The van der Waals surface area contributed by atoms with Gasteiger partial charge in [0.05, 0.1) is 6.04 Å². The van der Waals surface area contributed by atoms with Crippen LogP contribution >= 0.6 is 12.4 Å². The first-order chi connectivity index (χ1) is 6.06. The summed E-state index contributed by atoms with van der Waals surface area (Å²) in [5.41, 5.74) is 4.60. The summed E-state index contributed by atoms with van der Waals surface area (Å²) in [5.74, 6) is -3.64. The lowest BCUT2D eigenvalue weighted by Gasteiger charge is -2.08. The molecule has 0 unspecified atom stereocenters. The molecule has 0 aliphatic carbocycles. The van der Waals surface area contributed by atoms with E-state index >= 15 is 0 Å². The summed E-state index contributed by atoms with van der Waals surface area (Å²) in [7, 11) is 0. The van der Waals surface area contributed by atoms with Gasteiger partial charge < -0.3 is 5.73 Å².